The van der Waals surface area contributed by atoms with Gasteiger partial charge in [-0.25, -0.2) is 4.98 Å². The topological polar surface area (TPSA) is 47.8 Å². The summed E-state index contributed by atoms with van der Waals surface area (Å²) in [5.74, 6) is 1.03. The number of benzene rings is 2. The van der Waals surface area contributed by atoms with Crippen LogP contribution in [0.15, 0.2) is 67.0 Å². The summed E-state index contributed by atoms with van der Waals surface area (Å²) in [6, 6.07) is 18.1. The van der Waals surface area contributed by atoms with Crippen LogP contribution < -0.4 is 0 Å². The molecule has 0 spiro atoms. The number of ketones is 1. The van der Waals surface area contributed by atoms with Gasteiger partial charge in [0.25, 0.3) is 0 Å². The molecule has 2 aromatic carbocycles. The van der Waals surface area contributed by atoms with Gasteiger partial charge in [0.15, 0.2) is 5.78 Å². The largest absolute Gasteiger partial charge is 0.296 e. The highest BCUT2D eigenvalue weighted by Gasteiger charge is 2.13. The number of rotatable bonds is 4. The summed E-state index contributed by atoms with van der Waals surface area (Å²) in [6.07, 6.45) is 4.45. The van der Waals surface area contributed by atoms with Crippen molar-refractivity contribution in [3.8, 4) is 16.8 Å². The third kappa shape index (κ3) is 2.80. The summed E-state index contributed by atoms with van der Waals surface area (Å²) in [5.41, 5.74) is 5.79. The van der Waals surface area contributed by atoms with Crippen molar-refractivity contribution >= 4 is 16.8 Å². The van der Waals surface area contributed by atoms with Crippen LogP contribution in [0.5, 0.6) is 0 Å². The van der Waals surface area contributed by atoms with Gasteiger partial charge in [-0.05, 0) is 48.9 Å². The fourth-order valence-corrected chi connectivity index (χ4v) is 3.23. The molecule has 4 rings (SSSR count). The van der Waals surface area contributed by atoms with Gasteiger partial charge in [-0.2, -0.15) is 0 Å². The summed E-state index contributed by atoms with van der Waals surface area (Å²) >= 11 is 0. The molecule has 4 aromatic rings. The third-order valence-electron chi connectivity index (χ3n) is 4.55. The van der Waals surface area contributed by atoms with Crippen molar-refractivity contribution in [1.29, 1.82) is 0 Å². The Hall–Kier alpha value is -3.27. The Morgan fingerprint density at radius 1 is 1.04 bits per heavy atom. The predicted octanol–water partition coefficient (Wildman–Crippen LogP) is 4.85. The molecule has 4 nitrogen and oxygen atoms in total. The molecule has 2 aromatic heterocycles. The zero-order chi connectivity index (χ0) is 18.1. The van der Waals surface area contributed by atoms with Crippen LogP contribution in [-0.4, -0.2) is 20.3 Å². The molecular weight excluding hydrogens is 322 g/mol. The molecule has 0 unspecified atom stereocenters. The summed E-state index contributed by atoms with van der Waals surface area (Å²) in [5, 5.41) is 0. The number of Topliss-reactive ketones (excluding diaryl/α,β-unsaturated/α-hetero) is 1. The van der Waals surface area contributed by atoms with E-state index in [-0.39, 0.29) is 5.78 Å². The maximum absolute atomic E-state index is 11.7. The van der Waals surface area contributed by atoms with Crippen molar-refractivity contribution < 1.29 is 4.79 Å². The number of imidazole rings is 1. The standard InChI is InChI=1S/C22H19N3O/c1-3-22-24-20-13-16(15(2)26)9-10-21(20)25(22)19-8-4-6-17(12-19)18-7-5-11-23-14-18/h4-14H,3H2,1-2H3. The lowest BCUT2D eigenvalue weighted by Gasteiger charge is -2.10. The zero-order valence-corrected chi connectivity index (χ0v) is 14.8. The molecular formula is C22H19N3O. The Labute approximate surface area is 152 Å². The SMILES string of the molecule is CCc1nc2cc(C(C)=O)ccc2n1-c1cccc(-c2cccnc2)c1. The smallest absolute Gasteiger partial charge is 0.159 e. The fourth-order valence-electron chi connectivity index (χ4n) is 3.23. The molecule has 0 bridgehead atoms. The van der Waals surface area contributed by atoms with Crippen molar-refractivity contribution in [3.63, 3.8) is 0 Å². The second-order valence-corrected chi connectivity index (χ2v) is 6.27. The molecule has 0 fully saturated rings. The van der Waals surface area contributed by atoms with Crippen LogP contribution in [0.4, 0.5) is 0 Å². The second kappa shape index (κ2) is 6.56. The number of aromatic nitrogens is 3. The van der Waals surface area contributed by atoms with E-state index in [1.54, 1.807) is 13.1 Å². The van der Waals surface area contributed by atoms with Gasteiger partial charge in [-0.3, -0.25) is 14.3 Å². The molecule has 4 heteroatoms. The second-order valence-electron chi connectivity index (χ2n) is 6.27. The van der Waals surface area contributed by atoms with Gasteiger partial charge in [-0.15, -0.1) is 0 Å². The number of carbonyl (C=O) groups is 1. The van der Waals surface area contributed by atoms with Crippen LogP contribution in [0.1, 0.15) is 30.0 Å². The van der Waals surface area contributed by atoms with Gasteiger partial charge in [0.05, 0.1) is 11.0 Å². The first-order valence-electron chi connectivity index (χ1n) is 8.70. The monoisotopic (exact) mass is 341 g/mol. The van der Waals surface area contributed by atoms with E-state index in [4.69, 9.17) is 4.98 Å². The first-order valence-corrected chi connectivity index (χ1v) is 8.70. The highest BCUT2D eigenvalue weighted by atomic mass is 16.1. The van der Waals surface area contributed by atoms with E-state index in [1.165, 1.54) is 0 Å². The number of carbonyl (C=O) groups excluding carboxylic acids is 1. The third-order valence-corrected chi connectivity index (χ3v) is 4.55. The van der Waals surface area contributed by atoms with E-state index in [1.807, 2.05) is 36.5 Å². The normalized spacial score (nSPS) is 11.0. The van der Waals surface area contributed by atoms with E-state index in [9.17, 15) is 4.79 Å². The Morgan fingerprint density at radius 2 is 1.88 bits per heavy atom. The molecule has 0 aliphatic heterocycles. The molecule has 0 radical (unpaired) electrons. The van der Waals surface area contributed by atoms with Crippen molar-refractivity contribution in [1.82, 2.24) is 14.5 Å². The molecule has 26 heavy (non-hydrogen) atoms. The van der Waals surface area contributed by atoms with E-state index in [0.29, 0.717) is 5.56 Å². The lowest BCUT2D eigenvalue weighted by Crippen LogP contribution is -2.00. The van der Waals surface area contributed by atoms with Crippen LogP contribution in [0, 0.1) is 0 Å². The maximum Gasteiger partial charge on any atom is 0.159 e. The van der Waals surface area contributed by atoms with E-state index >= 15 is 0 Å². The summed E-state index contributed by atoms with van der Waals surface area (Å²) < 4.78 is 2.17. The highest BCUT2D eigenvalue weighted by Crippen LogP contribution is 2.26. The molecule has 0 aliphatic carbocycles. The Kier molecular flexibility index (Phi) is 4.09. The molecule has 0 saturated heterocycles. The van der Waals surface area contributed by atoms with Crippen molar-refractivity contribution in [2.75, 3.05) is 0 Å². The van der Waals surface area contributed by atoms with E-state index < -0.39 is 0 Å². The Bertz CT molecular complexity index is 1100. The first-order chi connectivity index (χ1) is 12.7. The molecule has 0 aliphatic rings. The highest BCUT2D eigenvalue weighted by molar-refractivity contribution is 5.97. The van der Waals surface area contributed by atoms with Gasteiger partial charge in [-0.1, -0.05) is 25.1 Å². The molecule has 0 amide bonds. The van der Waals surface area contributed by atoms with Gasteiger partial charge >= 0.3 is 0 Å². The van der Waals surface area contributed by atoms with Crippen molar-refractivity contribution in [3.05, 3.63) is 78.4 Å². The van der Waals surface area contributed by atoms with Crippen LogP contribution >= 0.6 is 0 Å². The molecule has 0 saturated carbocycles. The summed E-state index contributed by atoms with van der Waals surface area (Å²) in [4.78, 5) is 20.6. The molecule has 0 N–H and O–H groups in total. The van der Waals surface area contributed by atoms with Crippen LogP contribution in [0.3, 0.4) is 0 Å². The van der Waals surface area contributed by atoms with Gasteiger partial charge in [0.1, 0.15) is 5.82 Å². The van der Waals surface area contributed by atoms with Crippen LogP contribution in [-0.2, 0) is 6.42 Å². The van der Waals surface area contributed by atoms with Crippen LogP contribution in [0.2, 0.25) is 0 Å². The lowest BCUT2D eigenvalue weighted by atomic mass is 10.1. The van der Waals surface area contributed by atoms with Gasteiger partial charge < -0.3 is 0 Å². The Balaban J connectivity index is 1.90. The molecule has 128 valence electrons. The van der Waals surface area contributed by atoms with Crippen LogP contribution in [0.25, 0.3) is 27.8 Å². The summed E-state index contributed by atoms with van der Waals surface area (Å²) in [6.45, 7) is 3.67. The molecule has 2 heterocycles. The van der Waals surface area contributed by atoms with Gasteiger partial charge in [0.2, 0.25) is 0 Å². The average molecular weight is 341 g/mol. The minimum Gasteiger partial charge on any atom is -0.296 e. The zero-order valence-electron chi connectivity index (χ0n) is 14.8. The number of pyridine rings is 1. The maximum atomic E-state index is 11.7. The Morgan fingerprint density at radius 3 is 2.62 bits per heavy atom. The first kappa shape index (κ1) is 16.2. The fraction of sp³-hybridized carbons (Fsp3) is 0.136. The van der Waals surface area contributed by atoms with Crippen molar-refractivity contribution in [2.45, 2.75) is 20.3 Å². The van der Waals surface area contributed by atoms with Crippen molar-refractivity contribution in [2.24, 2.45) is 0 Å². The minimum absolute atomic E-state index is 0.0538. The van der Waals surface area contributed by atoms with E-state index in [0.717, 1.165) is 40.1 Å². The minimum atomic E-state index is 0.0538. The molecule has 0 atom stereocenters. The number of nitrogens with zero attached hydrogens (tertiary/aromatic N) is 3. The average Bonchev–Trinajstić information content (AvgIpc) is 3.06. The lowest BCUT2D eigenvalue weighted by molar-refractivity contribution is 0.101. The number of hydrogen-bond donors (Lipinski definition) is 0. The summed E-state index contributed by atoms with van der Waals surface area (Å²) in [7, 11) is 0. The number of aryl methyl sites for hydroxylation is 1. The predicted molar refractivity (Wildman–Crippen MR) is 104 cm³/mol. The quantitative estimate of drug-likeness (QED) is 0.498. The number of hydrogen-bond acceptors (Lipinski definition) is 3. The van der Waals surface area contributed by atoms with E-state index in [2.05, 4.69) is 40.7 Å². The number of fused-ring (bicyclic) bond motifs is 1. The van der Waals surface area contributed by atoms with Gasteiger partial charge in [0, 0.05) is 35.6 Å².